The molecule has 37 heavy (non-hydrogen) atoms. The van der Waals surface area contributed by atoms with Crippen LogP contribution in [-0.4, -0.2) is 50.7 Å². The number of sulfonamides is 1. The van der Waals surface area contributed by atoms with E-state index in [4.69, 9.17) is 4.74 Å². The summed E-state index contributed by atoms with van der Waals surface area (Å²) in [4.78, 5) is 2.66. The fraction of sp³-hybridized carbons (Fsp3) is 0.600. The van der Waals surface area contributed by atoms with Crippen LogP contribution in [0.25, 0.3) is 0 Å². The molecular formula is C30H38N2O4S. The van der Waals surface area contributed by atoms with Crippen molar-refractivity contribution in [3.8, 4) is 11.5 Å². The topological polar surface area (TPSA) is 70.1 Å². The predicted molar refractivity (Wildman–Crippen MR) is 143 cm³/mol. The number of anilines is 1. The van der Waals surface area contributed by atoms with E-state index < -0.39 is 10.0 Å². The van der Waals surface area contributed by atoms with Crippen molar-refractivity contribution in [1.82, 2.24) is 4.90 Å². The molecule has 6 nitrogen and oxygen atoms in total. The van der Waals surface area contributed by atoms with Crippen LogP contribution in [0, 0.1) is 29.1 Å². The van der Waals surface area contributed by atoms with E-state index in [0.29, 0.717) is 23.7 Å². The highest BCUT2D eigenvalue weighted by Gasteiger charge is 2.54. The number of para-hydroxylation sites is 3. The maximum atomic E-state index is 13.8. The first-order valence-corrected chi connectivity index (χ1v) is 15.6. The number of rotatable bonds is 5. The third-order valence-corrected chi connectivity index (χ3v) is 11.9. The van der Waals surface area contributed by atoms with Gasteiger partial charge in [0.25, 0.3) is 10.0 Å². The Bertz CT molecular complexity index is 1230. The van der Waals surface area contributed by atoms with Crippen molar-refractivity contribution in [1.29, 1.82) is 0 Å². The summed E-state index contributed by atoms with van der Waals surface area (Å²) in [5.41, 5.74) is 0.765. The molecule has 2 aromatic carbocycles. The maximum Gasteiger partial charge on any atom is 0.268 e. The number of likely N-dealkylation sites (tertiary alicyclic amines) is 1. The molecule has 8 rings (SSSR count). The molecule has 2 aliphatic heterocycles. The highest BCUT2D eigenvalue weighted by Crippen LogP contribution is 2.61. The van der Waals surface area contributed by atoms with Gasteiger partial charge in [-0.2, -0.15) is 0 Å². The Kier molecular flexibility index (Phi) is 5.83. The average Bonchev–Trinajstić information content (AvgIpc) is 2.97. The van der Waals surface area contributed by atoms with Gasteiger partial charge in [0.15, 0.2) is 5.75 Å². The first kappa shape index (κ1) is 24.0. The van der Waals surface area contributed by atoms with E-state index >= 15 is 0 Å². The predicted octanol–water partition coefficient (Wildman–Crippen LogP) is 5.28. The molecule has 0 amide bonds. The van der Waals surface area contributed by atoms with Crippen molar-refractivity contribution >= 4 is 15.7 Å². The lowest BCUT2D eigenvalue weighted by Gasteiger charge is -2.59. The SMILES string of the molecule is O=S1(=O)c2ccccc2Oc2ccccc2N1CC1CCN(CC(O)C23CC4CC(CC(C4)C2)C3)CC1. The van der Waals surface area contributed by atoms with Gasteiger partial charge in [0.05, 0.1) is 11.8 Å². The van der Waals surface area contributed by atoms with Crippen molar-refractivity contribution in [3.05, 3.63) is 48.5 Å². The van der Waals surface area contributed by atoms with Crippen LogP contribution in [0.15, 0.2) is 53.4 Å². The Hall–Kier alpha value is -2.09. The van der Waals surface area contributed by atoms with Gasteiger partial charge < -0.3 is 14.7 Å². The largest absolute Gasteiger partial charge is 0.454 e. The molecule has 1 unspecified atom stereocenters. The lowest BCUT2D eigenvalue weighted by atomic mass is 9.48. The molecule has 0 spiro atoms. The number of hydrogen-bond donors (Lipinski definition) is 1. The quantitative estimate of drug-likeness (QED) is 0.579. The van der Waals surface area contributed by atoms with Crippen LogP contribution in [0.1, 0.15) is 51.4 Å². The van der Waals surface area contributed by atoms with Crippen molar-refractivity contribution in [3.63, 3.8) is 0 Å². The molecule has 4 aliphatic carbocycles. The smallest absolute Gasteiger partial charge is 0.268 e. The third-order valence-electron chi connectivity index (χ3n) is 10.1. The highest BCUT2D eigenvalue weighted by atomic mass is 32.2. The second-order valence-electron chi connectivity index (χ2n) is 12.6. The van der Waals surface area contributed by atoms with Gasteiger partial charge in [-0.15, -0.1) is 0 Å². The van der Waals surface area contributed by atoms with Crippen LogP contribution in [0.3, 0.4) is 0 Å². The summed E-state index contributed by atoms with van der Waals surface area (Å²) in [6.07, 6.45) is 9.52. The molecule has 4 bridgehead atoms. The molecule has 1 N–H and O–H groups in total. The Labute approximate surface area is 220 Å². The van der Waals surface area contributed by atoms with Gasteiger partial charge in [0.2, 0.25) is 0 Å². The monoisotopic (exact) mass is 522 g/mol. The lowest BCUT2D eigenvalue weighted by molar-refractivity contribution is -0.127. The molecule has 0 radical (unpaired) electrons. The molecule has 2 aromatic rings. The summed E-state index contributed by atoms with van der Waals surface area (Å²) in [5, 5.41) is 11.5. The van der Waals surface area contributed by atoms with Crippen LogP contribution >= 0.6 is 0 Å². The summed E-state index contributed by atoms with van der Waals surface area (Å²) < 4.78 is 35.2. The van der Waals surface area contributed by atoms with Crippen molar-refractivity contribution in [2.75, 3.05) is 30.5 Å². The summed E-state index contributed by atoms with van der Waals surface area (Å²) >= 11 is 0. The number of benzene rings is 2. The fourth-order valence-electron chi connectivity index (χ4n) is 8.67. The Morgan fingerprint density at radius 3 is 2.16 bits per heavy atom. The van der Waals surface area contributed by atoms with Crippen LogP contribution in [0.5, 0.6) is 11.5 Å². The standard InChI is InChI=1S/C30H38N2O4S/c33-29(30-16-22-13-23(17-30)15-24(14-22)18-30)20-31-11-9-21(10-12-31)19-32-25-5-1-2-6-26(25)36-27-7-3-4-8-28(27)37(32,34)35/h1-8,21-24,29,33H,9-20H2. The molecule has 7 heteroatoms. The lowest BCUT2D eigenvalue weighted by Crippen LogP contribution is -2.55. The normalized spacial score (nSPS) is 33.3. The van der Waals surface area contributed by atoms with E-state index in [1.807, 2.05) is 24.3 Å². The average molecular weight is 523 g/mol. The second kappa shape index (κ2) is 8.99. The minimum atomic E-state index is -3.74. The van der Waals surface area contributed by atoms with E-state index in [1.54, 1.807) is 28.6 Å². The fourth-order valence-corrected chi connectivity index (χ4v) is 10.3. The van der Waals surface area contributed by atoms with Gasteiger partial charge in [-0.1, -0.05) is 24.3 Å². The van der Waals surface area contributed by atoms with E-state index in [0.717, 1.165) is 50.2 Å². The zero-order valence-corrected chi connectivity index (χ0v) is 22.3. The van der Waals surface area contributed by atoms with E-state index in [2.05, 4.69) is 4.90 Å². The van der Waals surface area contributed by atoms with Crippen LogP contribution in [0.2, 0.25) is 0 Å². The number of aliphatic hydroxyl groups excluding tert-OH is 1. The maximum absolute atomic E-state index is 13.8. The number of ether oxygens (including phenoxy) is 1. The van der Waals surface area contributed by atoms with Gasteiger partial charge in [0.1, 0.15) is 10.6 Å². The van der Waals surface area contributed by atoms with Gasteiger partial charge in [0, 0.05) is 13.1 Å². The molecule has 198 valence electrons. The zero-order chi connectivity index (χ0) is 25.2. The van der Waals surface area contributed by atoms with E-state index in [1.165, 1.54) is 38.5 Å². The van der Waals surface area contributed by atoms with Gasteiger partial charge in [-0.3, -0.25) is 4.31 Å². The van der Waals surface area contributed by atoms with Crippen molar-refractivity contribution < 1.29 is 18.3 Å². The number of β-amino-alcohol motifs (C(OH)–C–C–N with tert-alkyl or cyclic N) is 1. The molecule has 2 heterocycles. The zero-order valence-electron chi connectivity index (χ0n) is 21.5. The van der Waals surface area contributed by atoms with E-state index in [9.17, 15) is 13.5 Å². The van der Waals surface area contributed by atoms with Crippen molar-refractivity contribution in [2.24, 2.45) is 29.1 Å². The van der Waals surface area contributed by atoms with Gasteiger partial charge >= 0.3 is 0 Å². The number of fused-ring (bicyclic) bond motifs is 2. The minimum absolute atomic E-state index is 0.156. The van der Waals surface area contributed by atoms with Crippen LogP contribution in [-0.2, 0) is 10.0 Å². The number of nitrogens with zero attached hydrogens (tertiary/aromatic N) is 2. The van der Waals surface area contributed by atoms with Gasteiger partial charge in [-0.05, 0) is 118 Å². The summed E-state index contributed by atoms with van der Waals surface area (Å²) in [5.74, 6) is 3.76. The van der Waals surface area contributed by atoms with E-state index in [-0.39, 0.29) is 22.3 Å². The summed E-state index contributed by atoms with van der Waals surface area (Å²) in [7, 11) is -3.74. The number of piperidine rings is 1. The second-order valence-corrected chi connectivity index (χ2v) is 14.4. The van der Waals surface area contributed by atoms with Crippen LogP contribution < -0.4 is 9.04 Å². The van der Waals surface area contributed by atoms with Crippen LogP contribution in [0.4, 0.5) is 5.69 Å². The third kappa shape index (κ3) is 4.18. The number of hydrogen-bond acceptors (Lipinski definition) is 5. The Balaban J connectivity index is 1.04. The Morgan fingerprint density at radius 1 is 0.892 bits per heavy atom. The molecule has 6 aliphatic rings. The summed E-state index contributed by atoms with van der Waals surface area (Å²) in [6, 6.07) is 14.4. The molecule has 0 aromatic heterocycles. The molecule has 1 atom stereocenters. The first-order chi connectivity index (χ1) is 17.9. The Morgan fingerprint density at radius 2 is 1.49 bits per heavy atom. The molecular weight excluding hydrogens is 484 g/mol. The molecule has 4 saturated carbocycles. The minimum Gasteiger partial charge on any atom is -0.454 e. The molecule has 5 fully saturated rings. The number of aliphatic hydroxyl groups is 1. The van der Waals surface area contributed by atoms with Crippen molar-refractivity contribution in [2.45, 2.75) is 62.4 Å². The summed E-state index contributed by atoms with van der Waals surface area (Å²) in [6.45, 7) is 3.04. The molecule has 1 saturated heterocycles. The first-order valence-electron chi connectivity index (χ1n) is 14.2. The highest BCUT2D eigenvalue weighted by molar-refractivity contribution is 7.93. The van der Waals surface area contributed by atoms with Gasteiger partial charge in [-0.25, -0.2) is 8.42 Å².